The highest BCUT2D eigenvalue weighted by Gasteiger charge is 2.54. The van der Waals surface area contributed by atoms with Gasteiger partial charge < -0.3 is 10.1 Å². The van der Waals surface area contributed by atoms with Crippen molar-refractivity contribution in [1.29, 1.82) is 0 Å². The average Bonchev–Trinajstić information content (AvgIpc) is 3.46. The first-order valence-corrected chi connectivity index (χ1v) is 14.5. The summed E-state index contributed by atoms with van der Waals surface area (Å²) in [7, 11) is 0. The number of carbonyl (C=O) groups is 3. The van der Waals surface area contributed by atoms with E-state index >= 15 is 0 Å². The van der Waals surface area contributed by atoms with E-state index in [9.17, 15) is 14.4 Å². The number of hydrogen-bond acceptors (Lipinski definition) is 6. The first-order valence-electron chi connectivity index (χ1n) is 12.5. The Morgan fingerprint density at radius 1 is 1.05 bits per heavy atom. The Hall–Kier alpha value is -3.62. The summed E-state index contributed by atoms with van der Waals surface area (Å²) in [5.41, 5.74) is 2.68. The number of thioether (sulfide) groups is 1. The summed E-state index contributed by atoms with van der Waals surface area (Å²) in [5.74, 6) is -0.523. The molecule has 6 nitrogen and oxygen atoms in total. The van der Waals surface area contributed by atoms with Crippen molar-refractivity contribution in [3.8, 4) is 0 Å². The van der Waals surface area contributed by atoms with E-state index in [1.165, 1.54) is 16.2 Å². The van der Waals surface area contributed by atoms with Gasteiger partial charge in [0.15, 0.2) is 6.10 Å². The molecule has 0 aliphatic carbocycles. The molecule has 8 heteroatoms. The molecule has 5 rings (SSSR count). The third kappa shape index (κ3) is 5.47. The van der Waals surface area contributed by atoms with E-state index in [4.69, 9.17) is 4.74 Å². The summed E-state index contributed by atoms with van der Waals surface area (Å²) in [4.78, 5) is 42.2. The Balaban J connectivity index is 1.40. The van der Waals surface area contributed by atoms with E-state index in [1.807, 2.05) is 97.3 Å². The molecule has 1 N–H and O–H groups in total. The lowest BCUT2D eigenvalue weighted by Gasteiger charge is -2.49. The topological polar surface area (TPSA) is 75.7 Å². The smallest absolute Gasteiger partial charge is 0.356 e. The number of ether oxygens (including phenoxy) is 1. The molecule has 3 aromatic rings. The number of rotatable bonds is 9. The van der Waals surface area contributed by atoms with E-state index in [0.717, 1.165) is 28.0 Å². The number of esters is 1. The molecule has 2 aliphatic rings. The Morgan fingerprint density at radius 3 is 2.34 bits per heavy atom. The SMILES string of the molecule is CC/C=C/C1=C(C(=O)OC(c2ccccc2)c2ccccc2)N2C(=O)[C@@H](NC(=O)Cc3cccs3)[C@H]2SC1. The number of thiophene rings is 1. The molecule has 0 unspecified atom stereocenters. The van der Waals surface area contributed by atoms with E-state index in [0.29, 0.717) is 5.75 Å². The van der Waals surface area contributed by atoms with E-state index in [1.54, 1.807) is 11.8 Å². The second-order valence-corrected chi connectivity index (χ2v) is 11.1. The summed E-state index contributed by atoms with van der Waals surface area (Å²) in [6, 6.07) is 22.3. The van der Waals surface area contributed by atoms with Crippen LogP contribution < -0.4 is 5.32 Å². The van der Waals surface area contributed by atoms with Crippen LogP contribution in [0.1, 0.15) is 35.5 Å². The zero-order valence-electron chi connectivity index (χ0n) is 20.9. The van der Waals surface area contributed by atoms with Crippen molar-refractivity contribution in [2.75, 3.05) is 5.75 Å². The average molecular weight is 545 g/mol. The number of amides is 2. The number of nitrogens with one attached hydrogen (secondary N) is 1. The van der Waals surface area contributed by atoms with E-state index in [2.05, 4.69) is 5.32 Å². The van der Waals surface area contributed by atoms with Crippen molar-refractivity contribution in [3.05, 3.63) is 118 Å². The predicted octanol–water partition coefficient (Wildman–Crippen LogP) is 5.24. The van der Waals surface area contributed by atoms with E-state index in [-0.39, 0.29) is 29.3 Å². The summed E-state index contributed by atoms with van der Waals surface area (Å²) < 4.78 is 6.14. The van der Waals surface area contributed by atoms with E-state index < -0.39 is 18.1 Å². The highest BCUT2D eigenvalue weighted by molar-refractivity contribution is 8.00. The van der Waals surface area contributed by atoms with Gasteiger partial charge in [-0.1, -0.05) is 85.8 Å². The van der Waals surface area contributed by atoms with Crippen molar-refractivity contribution in [3.63, 3.8) is 0 Å². The molecule has 1 saturated heterocycles. The minimum absolute atomic E-state index is 0.205. The Morgan fingerprint density at radius 2 is 1.74 bits per heavy atom. The lowest BCUT2D eigenvalue weighted by atomic mass is 10.0. The molecule has 1 fully saturated rings. The lowest BCUT2D eigenvalue weighted by Crippen LogP contribution is -2.70. The Kier molecular flexibility index (Phi) is 8.10. The van der Waals surface area contributed by atoms with Gasteiger partial charge in [0.1, 0.15) is 17.1 Å². The van der Waals surface area contributed by atoms with Crippen molar-refractivity contribution >= 4 is 40.9 Å². The maximum atomic E-state index is 13.8. The van der Waals surface area contributed by atoms with Gasteiger partial charge in [-0.25, -0.2) is 4.79 Å². The quantitative estimate of drug-likeness (QED) is 0.294. The fraction of sp³-hybridized carbons (Fsp3) is 0.233. The predicted molar refractivity (Wildman–Crippen MR) is 150 cm³/mol. The second kappa shape index (κ2) is 11.8. The lowest BCUT2D eigenvalue weighted by molar-refractivity contribution is -0.154. The normalized spacial score (nSPS) is 18.9. The number of nitrogens with zero attached hydrogens (tertiary/aromatic N) is 1. The second-order valence-electron chi connectivity index (χ2n) is 9.00. The van der Waals surface area contributed by atoms with Crippen molar-refractivity contribution < 1.29 is 19.1 Å². The number of β-lactam (4-membered cyclic amide) rings is 1. The summed E-state index contributed by atoms with van der Waals surface area (Å²) in [6.07, 6.45) is 4.27. The minimum Gasteiger partial charge on any atom is -0.448 e. The van der Waals surface area contributed by atoms with Crippen LogP contribution in [-0.2, 0) is 25.5 Å². The fourth-order valence-corrected chi connectivity index (χ4v) is 6.59. The molecular weight excluding hydrogens is 516 g/mol. The van der Waals surface area contributed by atoms with Crippen LogP contribution in [0.25, 0.3) is 0 Å². The maximum Gasteiger partial charge on any atom is 0.356 e. The summed E-state index contributed by atoms with van der Waals surface area (Å²) >= 11 is 3.05. The number of allylic oxidation sites excluding steroid dienone is 2. The first kappa shape index (κ1) is 26.0. The van der Waals surface area contributed by atoms with Crippen LogP contribution in [0.3, 0.4) is 0 Å². The van der Waals surface area contributed by atoms with Crippen LogP contribution in [0.4, 0.5) is 0 Å². The fourth-order valence-electron chi connectivity index (χ4n) is 4.56. The summed E-state index contributed by atoms with van der Waals surface area (Å²) in [5, 5.41) is 4.44. The Labute approximate surface area is 230 Å². The molecule has 38 heavy (non-hydrogen) atoms. The van der Waals surface area contributed by atoms with Gasteiger partial charge in [-0.3, -0.25) is 14.5 Å². The van der Waals surface area contributed by atoms with Crippen LogP contribution in [0.2, 0.25) is 0 Å². The van der Waals surface area contributed by atoms with Gasteiger partial charge >= 0.3 is 5.97 Å². The van der Waals surface area contributed by atoms with Gasteiger partial charge in [0.25, 0.3) is 5.91 Å². The van der Waals surface area contributed by atoms with Crippen molar-refractivity contribution in [2.45, 2.75) is 37.3 Å². The van der Waals surface area contributed by atoms with Crippen LogP contribution in [-0.4, -0.2) is 39.9 Å². The van der Waals surface area contributed by atoms with Gasteiger partial charge in [-0.15, -0.1) is 23.1 Å². The van der Waals surface area contributed by atoms with Crippen molar-refractivity contribution in [1.82, 2.24) is 10.2 Å². The van der Waals surface area contributed by atoms with Crippen molar-refractivity contribution in [2.24, 2.45) is 0 Å². The van der Waals surface area contributed by atoms with Gasteiger partial charge in [0, 0.05) is 10.6 Å². The molecule has 2 atom stereocenters. The molecule has 194 valence electrons. The van der Waals surface area contributed by atoms with Gasteiger partial charge in [0.05, 0.1) is 6.42 Å². The molecule has 0 saturated carbocycles. The highest BCUT2D eigenvalue weighted by atomic mass is 32.2. The van der Waals surface area contributed by atoms with Gasteiger partial charge in [-0.2, -0.15) is 0 Å². The number of benzene rings is 2. The number of fused-ring (bicyclic) bond motifs is 1. The standard InChI is InChI=1S/C30H28N2O4S2/c1-2-3-11-22-19-38-29-25(31-24(33)18-23-16-10-17-37-23)28(34)32(29)26(22)30(35)36-27(20-12-6-4-7-13-20)21-14-8-5-9-15-21/h3-17,25,27,29H,2,18-19H2,1H3,(H,31,33)/b11-3+/t25-,29-/m1/s1. The molecule has 1 aromatic heterocycles. The first-order chi connectivity index (χ1) is 18.6. The number of carbonyl (C=O) groups excluding carboxylic acids is 3. The molecule has 0 bridgehead atoms. The van der Waals surface area contributed by atoms with Gasteiger partial charge in [0.2, 0.25) is 5.91 Å². The van der Waals surface area contributed by atoms with Crippen LogP contribution in [0.5, 0.6) is 0 Å². The maximum absolute atomic E-state index is 13.8. The van der Waals surface area contributed by atoms with Crippen LogP contribution in [0.15, 0.2) is 102 Å². The monoisotopic (exact) mass is 544 g/mol. The number of hydrogen-bond donors (Lipinski definition) is 1. The Bertz CT molecular complexity index is 1310. The third-order valence-electron chi connectivity index (χ3n) is 6.41. The van der Waals surface area contributed by atoms with Crippen LogP contribution in [0, 0.1) is 0 Å². The third-order valence-corrected chi connectivity index (χ3v) is 8.59. The molecule has 2 amide bonds. The summed E-state index contributed by atoms with van der Waals surface area (Å²) in [6.45, 7) is 2.02. The zero-order valence-corrected chi connectivity index (χ0v) is 22.5. The molecule has 2 aromatic carbocycles. The zero-order chi connectivity index (χ0) is 26.5. The van der Waals surface area contributed by atoms with Gasteiger partial charge in [-0.05, 0) is 34.6 Å². The van der Waals surface area contributed by atoms with Crippen LogP contribution >= 0.6 is 23.1 Å². The molecule has 0 radical (unpaired) electrons. The molecular formula is C30H28N2O4S2. The molecule has 3 heterocycles. The minimum atomic E-state index is -0.675. The molecule has 0 spiro atoms. The largest absolute Gasteiger partial charge is 0.448 e. The highest BCUT2D eigenvalue weighted by Crippen LogP contribution is 2.42. The molecule has 2 aliphatic heterocycles.